The van der Waals surface area contributed by atoms with Crippen LogP contribution in [-0.2, 0) is 4.79 Å². The molecule has 1 unspecified atom stereocenters. The molecule has 0 spiro atoms. The van der Waals surface area contributed by atoms with Gasteiger partial charge in [-0.05, 0) is 31.1 Å². The number of carbonyl (C=O) groups is 1. The van der Waals surface area contributed by atoms with Gasteiger partial charge in [0.2, 0.25) is 5.91 Å². The van der Waals surface area contributed by atoms with E-state index in [-0.39, 0.29) is 11.8 Å². The normalized spacial score (nSPS) is 48.1. The molecule has 0 radical (unpaired) electrons. The van der Waals surface area contributed by atoms with E-state index in [0.29, 0.717) is 17.9 Å². The van der Waals surface area contributed by atoms with Gasteiger partial charge in [0.15, 0.2) is 0 Å². The van der Waals surface area contributed by atoms with Crippen LogP contribution in [0.1, 0.15) is 19.3 Å². The highest BCUT2D eigenvalue weighted by Crippen LogP contribution is 2.48. The van der Waals surface area contributed by atoms with E-state index >= 15 is 0 Å². The van der Waals surface area contributed by atoms with Gasteiger partial charge in [0.05, 0.1) is 0 Å². The first-order chi connectivity index (χ1) is 5.18. The molecule has 1 amide bonds. The highest BCUT2D eigenvalue weighted by atomic mass is 16.1. The number of nitrogens with two attached hydrogens (primary N) is 2. The van der Waals surface area contributed by atoms with Crippen LogP contribution in [0.15, 0.2) is 0 Å². The predicted molar refractivity (Wildman–Crippen MR) is 41.5 cm³/mol. The standard InChI is InChI=1S/C8H14N2O/c9-7-3-4-1-5(8(10)11)2-6(4)7/h4-7H,1-3,9H2,(H2,10,11)/t4-,5?,6-,7+/m1/s1. The summed E-state index contributed by atoms with van der Waals surface area (Å²) in [6.45, 7) is 0. The first kappa shape index (κ1) is 7.10. The fourth-order valence-electron chi connectivity index (χ4n) is 2.51. The topological polar surface area (TPSA) is 69.1 Å². The number of rotatable bonds is 1. The smallest absolute Gasteiger partial charge is 0.220 e. The minimum Gasteiger partial charge on any atom is -0.369 e. The Bertz CT molecular complexity index is 193. The van der Waals surface area contributed by atoms with Gasteiger partial charge in [-0.3, -0.25) is 4.79 Å². The van der Waals surface area contributed by atoms with Gasteiger partial charge < -0.3 is 11.5 Å². The SMILES string of the molecule is NC(=O)C1C[C@@H]2C[C@H](N)[C@@H]2C1. The van der Waals surface area contributed by atoms with Crippen molar-refractivity contribution in [2.75, 3.05) is 0 Å². The predicted octanol–water partition coefficient (Wildman–Crippen LogP) is -0.155. The quantitative estimate of drug-likeness (QED) is 0.551. The Morgan fingerprint density at radius 3 is 2.45 bits per heavy atom. The number of hydrogen-bond acceptors (Lipinski definition) is 2. The van der Waals surface area contributed by atoms with E-state index in [1.54, 1.807) is 0 Å². The van der Waals surface area contributed by atoms with Gasteiger partial charge in [0.1, 0.15) is 0 Å². The van der Waals surface area contributed by atoms with E-state index in [4.69, 9.17) is 11.5 Å². The van der Waals surface area contributed by atoms with Crippen molar-refractivity contribution in [1.29, 1.82) is 0 Å². The van der Waals surface area contributed by atoms with Crippen molar-refractivity contribution in [2.24, 2.45) is 29.2 Å². The summed E-state index contributed by atoms with van der Waals surface area (Å²) in [6.07, 6.45) is 3.04. The maximum Gasteiger partial charge on any atom is 0.220 e. The molecule has 0 aromatic rings. The van der Waals surface area contributed by atoms with Gasteiger partial charge in [-0.25, -0.2) is 0 Å². The minimum atomic E-state index is -0.133. The van der Waals surface area contributed by atoms with Crippen molar-refractivity contribution in [3.05, 3.63) is 0 Å². The highest BCUT2D eigenvalue weighted by Gasteiger charge is 2.47. The molecule has 0 aliphatic heterocycles. The maximum atomic E-state index is 10.8. The molecule has 11 heavy (non-hydrogen) atoms. The van der Waals surface area contributed by atoms with Crippen LogP contribution >= 0.6 is 0 Å². The minimum absolute atomic E-state index is 0.124. The van der Waals surface area contributed by atoms with Gasteiger partial charge in [-0.2, -0.15) is 0 Å². The second-order valence-corrected chi connectivity index (χ2v) is 3.89. The van der Waals surface area contributed by atoms with Crippen molar-refractivity contribution in [3.8, 4) is 0 Å². The monoisotopic (exact) mass is 154 g/mol. The Labute approximate surface area is 66.1 Å². The van der Waals surface area contributed by atoms with E-state index in [1.165, 1.54) is 0 Å². The van der Waals surface area contributed by atoms with Crippen LogP contribution < -0.4 is 11.5 Å². The average molecular weight is 154 g/mol. The molecule has 2 fully saturated rings. The van der Waals surface area contributed by atoms with E-state index in [1.807, 2.05) is 0 Å². The summed E-state index contributed by atoms with van der Waals surface area (Å²) < 4.78 is 0. The molecular formula is C8H14N2O. The zero-order valence-electron chi connectivity index (χ0n) is 6.49. The molecule has 2 saturated carbocycles. The summed E-state index contributed by atoms with van der Waals surface area (Å²) >= 11 is 0. The van der Waals surface area contributed by atoms with Crippen LogP contribution in [0.25, 0.3) is 0 Å². The van der Waals surface area contributed by atoms with Crippen molar-refractivity contribution in [2.45, 2.75) is 25.3 Å². The molecule has 2 rings (SSSR count). The summed E-state index contributed by atoms with van der Waals surface area (Å²) in [6, 6.07) is 0.351. The molecule has 3 nitrogen and oxygen atoms in total. The van der Waals surface area contributed by atoms with Crippen LogP contribution in [0.3, 0.4) is 0 Å². The largest absolute Gasteiger partial charge is 0.369 e. The highest BCUT2D eigenvalue weighted by molar-refractivity contribution is 5.77. The Balaban J connectivity index is 1.98. The van der Waals surface area contributed by atoms with Crippen LogP contribution in [0.2, 0.25) is 0 Å². The van der Waals surface area contributed by atoms with Crippen molar-refractivity contribution in [1.82, 2.24) is 0 Å². The number of amides is 1. The molecule has 0 saturated heterocycles. The second-order valence-electron chi connectivity index (χ2n) is 3.89. The van der Waals surface area contributed by atoms with Crippen LogP contribution in [0.5, 0.6) is 0 Å². The van der Waals surface area contributed by atoms with Crippen molar-refractivity contribution < 1.29 is 4.79 Å². The Hall–Kier alpha value is -0.570. The van der Waals surface area contributed by atoms with E-state index in [0.717, 1.165) is 19.3 Å². The molecule has 0 heterocycles. The molecule has 0 bridgehead atoms. The van der Waals surface area contributed by atoms with Crippen molar-refractivity contribution in [3.63, 3.8) is 0 Å². The Kier molecular flexibility index (Phi) is 1.42. The third-order valence-corrected chi connectivity index (χ3v) is 3.28. The molecule has 0 aromatic carbocycles. The number of fused-ring (bicyclic) bond motifs is 1. The van der Waals surface area contributed by atoms with Gasteiger partial charge >= 0.3 is 0 Å². The Morgan fingerprint density at radius 1 is 1.27 bits per heavy atom. The molecule has 4 N–H and O–H groups in total. The third-order valence-electron chi connectivity index (χ3n) is 3.28. The lowest BCUT2D eigenvalue weighted by Crippen LogP contribution is -2.44. The number of primary amides is 1. The van der Waals surface area contributed by atoms with Crippen LogP contribution in [0.4, 0.5) is 0 Å². The maximum absolute atomic E-state index is 10.8. The average Bonchev–Trinajstić information content (AvgIpc) is 2.26. The molecule has 3 heteroatoms. The number of carbonyl (C=O) groups excluding carboxylic acids is 1. The van der Waals surface area contributed by atoms with Crippen LogP contribution in [0, 0.1) is 17.8 Å². The fraction of sp³-hybridized carbons (Fsp3) is 0.875. The molecular weight excluding hydrogens is 140 g/mol. The van der Waals surface area contributed by atoms with E-state index < -0.39 is 0 Å². The third kappa shape index (κ3) is 0.948. The fourth-order valence-corrected chi connectivity index (χ4v) is 2.51. The van der Waals surface area contributed by atoms with Gasteiger partial charge in [0, 0.05) is 12.0 Å². The number of hydrogen-bond donors (Lipinski definition) is 2. The molecule has 0 aromatic heterocycles. The summed E-state index contributed by atoms with van der Waals surface area (Å²) in [4.78, 5) is 10.8. The van der Waals surface area contributed by atoms with Gasteiger partial charge in [0.25, 0.3) is 0 Å². The van der Waals surface area contributed by atoms with Crippen molar-refractivity contribution >= 4 is 5.91 Å². The lowest BCUT2D eigenvalue weighted by molar-refractivity contribution is -0.121. The summed E-state index contributed by atoms with van der Waals surface area (Å²) in [5.74, 6) is 1.31. The molecule has 62 valence electrons. The summed E-state index contributed by atoms with van der Waals surface area (Å²) in [5, 5.41) is 0. The van der Waals surface area contributed by atoms with E-state index in [9.17, 15) is 4.79 Å². The first-order valence-corrected chi connectivity index (χ1v) is 4.23. The van der Waals surface area contributed by atoms with Gasteiger partial charge in [-0.1, -0.05) is 0 Å². The first-order valence-electron chi connectivity index (χ1n) is 4.23. The molecule has 4 atom stereocenters. The summed E-state index contributed by atoms with van der Waals surface area (Å²) in [7, 11) is 0. The Morgan fingerprint density at radius 2 is 2.00 bits per heavy atom. The lowest BCUT2D eigenvalue weighted by atomic mass is 9.72. The van der Waals surface area contributed by atoms with Gasteiger partial charge in [-0.15, -0.1) is 0 Å². The second kappa shape index (κ2) is 2.21. The van der Waals surface area contributed by atoms with E-state index in [2.05, 4.69) is 0 Å². The van der Waals surface area contributed by atoms with Crippen LogP contribution in [-0.4, -0.2) is 11.9 Å². The lowest BCUT2D eigenvalue weighted by Gasteiger charge is -2.37. The summed E-state index contributed by atoms with van der Waals surface area (Å²) in [5.41, 5.74) is 11.0. The molecule has 2 aliphatic carbocycles. The zero-order chi connectivity index (χ0) is 8.01. The molecule has 2 aliphatic rings. The zero-order valence-corrected chi connectivity index (χ0v) is 6.49.